The predicted molar refractivity (Wildman–Crippen MR) is 109 cm³/mol. The largest absolute Gasteiger partial charge is 0.495 e. The zero-order chi connectivity index (χ0) is 22.0. The van der Waals surface area contributed by atoms with Crippen molar-refractivity contribution in [2.75, 3.05) is 12.4 Å². The zero-order valence-corrected chi connectivity index (χ0v) is 16.9. The number of carbonyl (C=O) groups is 3. The molecule has 0 atom stereocenters. The van der Waals surface area contributed by atoms with Crippen LogP contribution in [0.2, 0.25) is 0 Å². The highest BCUT2D eigenvalue weighted by Gasteiger charge is 2.18. The van der Waals surface area contributed by atoms with Crippen molar-refractivity contribution in [1.82, 2.24) is 14.6 Å². The molecule has 0 bridgehead atoms. The number of aryl methyl sites for hydroxylation is 2. The van der Waals surface area contributed by atoms with Gasteiger partial charge in [-0.3, -0.25) is 14.4 Å². The Hall–Kier alpha value is -3.95. The van der Waals surface area contributed by atoms with Crippen molar-refractivity contribution < 1.29 is 19.1 Å². The minimum atomic E-state index is -0.603. The third-order valence-electron chi connectivity index (χ3n) is 4.83. The van der Waals surface area contributed by atoms with Crippen LogP contribution in [0.1, 0.15) is 44.1 Å². The van der Waals surface area contributed by atoms with Crippen LogP contribution < -0.4 is 21.5 Å². The van der Waals surface area contributed by atoms with Gasteiger partial charge in [0.2, 0.25) is 11.8 Å². The Bertz CT molecular complexity index is 1170. The van der Waals surface area contributed by atoms with Crippen LogP contribution in [0, 0.1) is 13.8 Å². The van der Waals surface area contributed by atoms with Gasteiger partial charge in [-0.2, -0.15) is 5.10 Å². The molecule has 0 saturated carbocycles. The molecular weight excluding hydrogens is 388 g/mol. The SMILES string of the molecule is COc1ccc(C(N)=O)cc1NC(=O)CCc1c(C)nc2c(C(N)=O)cnn2c1C. The van der Waals surface area contributed by atoms with Crippen molar-refractivity contribution in [2.45, 2.75) is 26.7 Å². The van der Waals surface area contributed by atoms with Gasteiger partial charge in [0.1, 0.15) is 11.3 Å². The van der Waals surface area contributed by atoms with Crippen LogP contribution in [0.3, 0.4) is 0 Å². The van der Waals surface area contributed by atoms with E-state index in [-0.39, 0.29) is 23.5 Å². The highest BCUT2D eigenvalue weighted by atomic mass is 16.5. The fraction of sp³-hybridized carbons (Fsp3) is 0.250. The summed E-state index contributed by atoms with van der Waals surface area (Å²) in [5.74, 6) is -1.06. The third kappa shape index (κ3) is 3.93. The molecule has 0 radical (unpaired) electrons. The van der Waals surface area contributed by atoms with Gasteiger partial charge >= 0.3 is 0 Å². The molecule has 3 amide bonds. The monoisotopic (exact) mass is 410 g/mol. The van der Waals surface area contributed by atoms with E-state index in [1.54, 1.807) is 17.5 Å². The van der Waals surface area contributed by atoms with Gasteiger partial charge in [0.15, 0.2) is 5.65 Å². The molecule has 10 nitrogen and oxygen atoms in total. The Morgan fingerprint density at radius 1 is 1.17 bits per heavy atom. The lowest BCUT2D eigenvalue weighted by molar-refractivity contribution is -0.116. The number of ether oxygens (including phenoxy) is 1. The van der Waals surface area contributed by atoms with E-state index in [1.165, 1.54) is 25.4 Å². The summed E-state index contributed by atoms with van der Waals surface area (Å²) >= 11 is 0. The van der Waals surface area contributed by atoms with Gasteiger partial charge in [0, 0.05) is 23.4 Å². The average molecular weight is 410 g/mol. The van der Waals surface area contributed by atoms with Gasteiger partial charge in [-0.05, 0) is 44.0 Å². The average Bonchev–Trinajstić information content (AvgIpc) is 3.11. The number of hydrogen-bond acceptors (Lipinski definition) is 6. The fourth-order valence-corrected chi connectivity index (χ4v) is 3.26. The summed E-state index contributed by atoms with van der Waals surface area (Å²) in [5.41, 5.74) is 14.2. The number of benzene rings is 1. The summed E-state index contributed by atoms with van der Waals surface area (Å²) in [5, 5.41) is 6.92. The van der Waals surface area contributed by atoms with Gasteiger partial charge in [-0.25, -0.2) is 9.50 Å². The molecule has 0 aliphatic carbocycles. The molecule has 1 aromatic carbocycles. The second kappa shape index (κ2) is 8.19. The molecule has 10 heteroatoms. The van der Waals surface area contributed by atoms with Crippen molar-refractivity contribution in [1.29, 1.82) is 0 Å². The lowest BCUT2D eigenvalue weighted by atomic mass is 10.1. The van der Waals surface area contributed by atoms with Crippen LogP contribution >= 0.6 is 0 Å². The number of fused-ring (bicyclic) bond motifs is 1. The zero-order valence-electron chi connectivity index (χ0n) is 16.9. The Morgan fingerprint density at radius 3 is 2.53 bits per heavy atom. The van der Waals surface area contributed by atoms with Crippen LogP contribution in [0.25, 0.3) is 5.65 Å². The molecule has 3 aromatic rings. The number of carbonyl (C=O) groups excluding carboxylic acids is 3. The maximum Gasteiger partial charge on any atom is 0.254 e. The van der Waals surface area contributed by atoms with Crippen LogP contribution in [0.15, 0.2) is 24.4 Å². The molecule has 156 valence electrons. The predicted octanol–water partition coefficient (Wildman–Crippen LogP) is 1.12. The smallest absolute Gasteiger partial charge is 0.254 e. The number of anilines is 1. The Morgan fingerprint density at radius 2 is 1.90 bits per heavy atom. The Labute approximate surface area is 172 Å². The topological polar surface area (TPSA) is 155 Å². The molecule has 0 aliphatic rings. The molecule has 5 N–H and O–H groups in total. The first-order chi connectivity index (χ1) is 14.2. The van der Waals surface area contributed by atoms with Crippen molar-refractivity contribution in [2.24, 2.45) is 11.5 Å². The first-order valence-corrected chi connectivity index (χ1v) is 9.14. The molecule has 3 rings (SSSR count). The fourth-order valence-electron chi connectivity index (χ4n) is 3.26. The Balaban J connectivity index is 1.80. The highest BCUT2D eigenvalue weighted by Crippen LogP contribution is 2.26. The maximum atomic E-state index is 12.5. The van der Waals surface area contributed by atoms with E-state index >= 15 is 0 Å². The second-order valence-electron chi connectivity index (χ2n) is 6.75. The molecule has 2 heterocycles. The molecule has 2 aromatic heterocycles. The van der Waals surface area contributed by atoms with E-state index in [1.807, 2.05) is 6.92 Å². The maximum absolute atomic E-state index is 12.5. The molecule has 0 fully saturated rings. The number of hydrogen-bond donors (Lipinski definition) is 3. The summed E-state index contributed by atoms with van der Waals surface area (Å²) in [4.78, 5) is 39.9. The standard InChI is InChI=1S/C20H22N6O4/c1-10-13(11(2)26-20(24-10)14(9-23-26)19(22)29)5-7-17(27)25-15-8-12(18(21)28)4-6-16(15)30-3/h4,6,8-9H,5,7H2,1-3H3,(H2,21,28)(H2,22,29)(H,25,27). The van der Waals surface area contributed by atoms with Crippen molar-refractivity contribution in [3.8, 4) is 5.75 Å². The van der Waals surface area contributed by atoms with Crippen LogP contribution in [0.5, 0.6) is 5.75 Å². The number of nitrogens with one attached hydrogen (secondary N) is 1. The van der Waals surface area contributed by atoms with E-state index in [9.17, 15) is 14.4 Å². The molecule has 0 saturated heterocycles. The summed E-state index contributed by atoms with van der Waals surface area (Å²) in [6.07, 6.45) is 1.93. The number of nitrogens with two attached hydrogens (primary N) is 2. The first-order valence-electron chi connectivity index (χ1n) is 9.14. The highest BCUT2D eigenvalue weighted by molar-refractivity contribution is 5.99. The van der Waals surface area contributed by atoms with E-state index in [0.717, 1.165) is 11.3 Å². The summed E-state index contributed by atoms with van der Waals surface area (Å²) in [6.45, 7) is 3.64. The van der Waals surface area contributed by atoms with Gasteiger partial charge in [-0.1, -0.05) is 0 Å². The van der Waals surface area contributed by atoms with Crippen molar-refractivity contribution in [3.05, 3.63) is 52.5 Å². The van der Waals surface area contributed by atoms with Crippen molar-refractivity contribution >= 4 is 29.1 Å². The minimum absolute atomic E-state index is 0.156. The molecular formula is C20H22N6O4. The number of nitrogens with zero attached hydrogens (tertiary/aromatic N) is 3. The number of rotatable bonds is 7. The van der Waals surface area contributed by atoms with Gasteiger partial charge in [0.05, 0.1) is 19.0 Å². The Kier molecular flexibility index (Phi) is 5.67. The van der Waals surface area contributed by atoms with Gasteiger partial charge in [0.25, 0.3) is 5.91 Å². The number of methoxy groups -OCH3 is 1. The third-order valence-corrected chi connectivity index (χ3v) is 4.83. The molecule has 0 spiro atoms. The molecule has 0 unspecified atom stereocenters. The van der Waals surface area contributed by atoms with E-state index < -0.39 is 11.8 Å². The number of aromatic nitrogens is 3. The van der Waals surface area contributed by atoms with Crippen LogP contribution in [-0.2, 0) is 11.2 Å². The summed E-state index contributed by atoms with van der Waals surface area (Å²) < 4.78 is 6.77. The second-order valence-corrected chi connectivity index (χ2v) is 6.75. The lowest BCUT2D eigenvalue weighted by Gasteiger charge is -2.13. The number of amides is 3. The first kappa shape index (κ1) is 20.8. The summed E-state index contributed by atoms with van der Waals surface area (Å²) in [7, 11) is 1.47. The minimum Gasteiger partial charge on any atom is -0.495 e. The van der Waals surface area contributed by atoms with Crippen molar-refractivity contribution in [3.63, 3.8) is 0 Å². The van der Waals surface area contributed by atoms with E-state index in [2.05, 4.69) is 15.4 Å². The molecule has 0 aliphatic heterocycles. The van der Waals surface area contributed by atoms with Crippen LogP contribution in [0.4, 0.5) is 5.69 Å². The van der Waals surface area contributed by atoms with Gasteiger partial charge in [-0.15, -0.1) is 0 Å². The quantitative estimate of drug-likeness (QED) is 0.530. The molecule has 30 heavy (non-hydrogen) atoms. The lowest BCUT2D eigenvalue weighted by Crippen LogP contribution is -2.17. The van der Waals surface area contributed by atoms with E-state index in [4.69, 9.17) is 16.2 Å². The van der Waals surface area contributed by atoms with Crippen LogP contribution in [-0.4, -0.2) is 39.4 Å². The van der Waals surface area contributed by atoms with Gasteiger partial charge < -0.3 is 21.5 Å². The number of primary amides is 2. The summed E-state index contributed by atoms with van der Waals surface area (Å²) in [6, 6.07) is 4.56. The normalized spacial score (nSPS) is 10.8. The van der Waals surface area contributed by atoms with E-state index in [0.29, 0.717) is 29.2 Å².